The number of halogens is 5. The van der Waals surface area contributed by atoms with Crippen LogP contribution in [0.25, 0.3) is 0 Å². The number of hydrogen-bond acceptors (Lipinski definition) is 5. The Kier molecular flexibility index (Phi) is 7.28. The third kappa shape index (κ3) is 5.43. The minimum absolute atomic E-state index is 0.233. The first-order valence-corrected chi connectivity index (χ1v) is 8.10. The van der Waals surface area contributed by atoms with Crippen molar-refractivity contribution in [1.82, 2.24) is 5.32 Å². The molecule has 0 aromatic heterocycles. The van der Waals surface area contributed by atoms with Gasteiger partial charge in [-0.15, -0.1) is 0 Å². The maximum atomic E-state index is 13.7. The lowest BCUT2D eigenvalue weighted by Crippen LogP contribution is -2.45. The number of alkyl carbamates (subject to hydrolysis) is 1. The van der Waals surface area contributed by atoms with Crippen LogP contribution < -0.4 is 15.8 Å². The van der Waals surface area contributed by atoms with Crippen molar-refractivity contribution in [3.05, 3.63) is 65.0 Å². The number of primary amides is 1. The van der Waals surface area contributed by atoms with E-state index in [2.05, 4.69) is 4.74 Å². The van der Waals surface area contributed by atoms with E-state index in [4.69, 9.17) is 10.5 Å². The van der Waals surface area contributed by atoms with Gasteiger partial charge in [0.2, 0.25) is 40.7 Å². The fraction of sp³-hybridized carbons (Fsp3) is 0.167. The van der Waals surface area contributed by atoms with E-state index in [-0.39, 0.29) is 6.61 Å². The average molecular weight is 432 g/mol. The molecule has 1 atom stereocenters. The molecule has 30 heavy (non-hydrogen) atoms. The normalized spacial score (nSPS) is 11.5. The van der Waals surface area contributed by atoms with Crippen LogP contribution in [0.5, 0.6) is 5.75 Å². The highest BCUT2D eigenvalue weighted by Crippen LogP contribution is 2.29. The Morgan fingerprint density at radius 2 is 1.43 bits per heavy atom. The largest absolute Gasteiger partial charge is 0.445 e. The van der Waals surface area contributed by atoms with E-state index in [1.165, 1.54) is 0 Å². The lowest BCUT2D eigenvalue weighted by atomic mass is 10.2. The summed E-state index contributed by atoms with van der Waals surface area (Å²) in [6, 6.07) is 6.33. The van der Waals surface area contributed by atoms with Crippen molar-refractivity contribution in [2.75, 3.05) is 0 Å². The van der Waals surface area contributed by atoms with Crippen LogP contribution in [-0.2, 0) is 20.9 Å². The molecule has 3 N–H and O–H groups in total. The number of rotatable bonds is 7. The summed E-state index contributed by atoms with van der Waals surface area (Å²) in [6.07, 6.45) is -2.14. The molecule has 0 aliphatic heterocycles. The lowest BCUT2D eigenvalue weighted by Gasteiger charge is -2.17. The Balaban J connectivity index is 2.14. The van der Waals surface area contributed by atoms with Crippen molar-refractivity contribution in [1.29, 1.82) is 0 Å². The molecular weight excluding hydrogens is 419 g/mol. The number of ether oxygens (including phenoxy) is 2. The second-order valence-corrected chi connectivity index (χ2v) is 5.75. The predicted octanol–water partition coefficient (Wildman–Crippen LogP) is 2.46. The monoisotopic (exact) mass is 432 g/mol. The van der Waals surface area contributed by atoms with Gasteiger partial charge in [-0.25, -0.2) is 22.8 Å². The third-order valence-corrected chi connectivity index (χ3v) is 3.57. The highest BCUT2D eigenvalue weighted by atomic mass is 19.2. The summed E-state index contributed by atoms with van der Waals surface area (Å²) in [4.78, 5) is 35.1. The van der Waals surface area contributed by atoms with Crippen molar-refractivity contribution in [2.24, 2.45) is 5.73 Å². The Morgan fingerprint density at radius 1 is 0.900 bits per heavy atom. The van der Waals surface area contributed by atoms with Gasteiger partial charge in [-0.2, -0.15) is 8.78 Å². The quantitative estimate of drug-likeness (QED) is 0.230. The number of esters is 1. The van der Waals surface area contributed by atoms with Gasteiger partial charge < -0.3 is 20.5 Å². The first-order valence-electron chi connectivity index (χ1n) is 8.10. The highest BCUT2D eigenvalue weighted by molar-refractivity contribution is 5.88. The zero-order valence-electron chi connectivity index (χ0n) is 14.9. The Morgan fingerprint density at radius 3 is 1.97 bits per heavy atom. The molecule has 0 spiro atoms. The number of carbonyl (C=O) groups is 3. The van der Waals surface area contributed by atoms with Gasteiger partial charge in [-0.05, 0) is 5.56 Å². The van der Waals surface area contributed by atoms with E-state index in [0.29, 0.717) is 5.56 Å². The summed E-state index contributed by atoms with van der Waals surface area (Å²) in [5.74, 6) is -16.7. The second kappa shape index (κ2) is 9.67. The van der Waals surface area contributed by atoms with Crippen LogP contribution in [0.2, 0.25) is 0 Å². The molecule has 0 aliphatic rings. The highest BCUT2D eigenvalue weighted by Gasteiger charge is 2.32. The van der Waals surface area contributed by atoms with Gasteiger partial charge in [-0.1, -0.05) is 30.3 Å². The summed E-state index contributed by atoms with van der Waals surface area (Å²) in [5, 5.41) is 1.88. The van der Waals surface area contributed by atoms with Crippen LogP contribution in [0.15, 0.2) is 30.3 Å². The summed E-state index contributed by atoms with van der Waals surface area (Å²) in [6.45, 7) is -0.233. The van der Waals surface area contributed by atoms with Crippen LogP contribution in [-0.4, -0.2) is 24.0 Å². The number of nitrogens with one attached hydrogen (secondary N) is 1. The minimum atomic E-state index is -2.46. The second-order valence-electron chi connectivity index (χ2n) is 5.75. The molecule has 0 radical (unpaired) electrons. The van der Waals surface area contributed by atoms with E-state index in [1.807, 2.05) is 5.32 Å². The molecule has 0 bridgehead atoms. The minimum Gasteiger partial charge on any atom is -0.445 e. The Labute approximate surface area is 165 Å². The van der Waals surface area contributed by atoms with Crippen molar-refractivity contribution in [3.8, 4) is 5.75 Å². The van der Waals surface area contributed by atoms with Gasteiger partial charge in [0.05, 0.1) is 6.42 Å². The van der Waals surface area contributed by atoms with E-state index < -0.39 is 65.3 Å². The number of amides is 2. The molecule has 0 heterocycles. The molecule has 0 fully saturated rings. The molecule has 160 valence electrons. The van der Waals surface area contributed by atoms with Crippen molar-refractivity contribution >= 4 is 18.0 Å². The molecule has 0 saturated carbocycles. The molecular formula is C18H13F5N2O5. The number of hydrogen-bond donors (Lipinski definition) is 2. The van der Waals surface area contributed by atoms with E-state index >= 15 is 0 Å². The van der Waals surface area contributed by atoms with Gasteiger partial charge in [-0.3, -0.25) is 4.79 Å². The smallest absolute Gasteiger partial charge is 0.408 e. The van der Waals surface area contributed by atoms with Gasteiger partial charge in [0.1, 0.15) is 12.6 Å². The Hall–Kier alpha value is -3.70. The van der Waals surface area contributed by atoms with Crippen molar-refractivity contribution < 1.29 is 45.8 Å². The number of carbonyl (C=O) groups excluding carboxylic acids is 3. The summed E-state index contributed by atoms with van der Waals surface area (Å²) in [7, 11) is 0. The van der Waals surface area contributed by atoms with Crippen LogP contribution in [0.3, 0.4) is 0 Å². The van der Waals surface area contributed by atoms with Gasteiger partial charge >= 0.3 is 12.1 Å². The van der Waals surface area contributed by atoms with Crippen LogP contribution in [0.1, 0.15) is 12.0 Å². The molecule has 0 saturated heterocycles. The van der Waals surface area contributed by atoms with Crippen molar-refractivity contribution in [2.45, 2.75) is 19.1 Å². The summed E-state index contributed by atoms with van der Waals surface area (Å²) >= 11 is 0. The fourth-order valence-corrected chi connectivity index (χ4v) is 2.15. The zero-order chi connectivity index (χ0) is 22.4. The summed E-state index contributed by atoms with van der Waals surface area (Å²) in [5.41, 5.74) is 5.51. The molecule has 0 aliphatic carbocycles. The maximum Gasteiger partial charge on any atom is 0.408 e. The van der Waals surface area contributed by atoms with E-state index in [1.54, 1.807) is 30.3 Å². The van der Waals surface area contributed by atoms with Crippen LogP contribution in [0, 0.1) is 29.1 Å². The zero-order valence-corrected chi connectivity index (χ0v) is 14.9. The first-order chi connectivity index (χ1) is 14.1. The SMILES string of the molecule is NC(=O)C[C@H](NC(=O)OCc1ccccc1)C(=O)Oc1c(F)c(F)c(F)c(F)c1F. The van der Waals surface area contributed by atoms with Gasteiger partial charge in [0, 0.05) is 0 Å². The molecule has 0 unspecified atom stereocenters. The molecule has 12 heteroatoms. The Bertz CT molecular complexity index is 942. The first kappa shape index (κ1) is 22.6. The molecule has 7 nitrogen and oxygen atoms in total. The molecule has 2 amide bonds. The summed E-state index contributed by atoms with van der Waals surface area (Å²) < 4.78 is 75.8. The van der Waals surface area contributed by atoms with Crippen LogP contribution in [0.4, 0.5) is 26.7 Å². The van der Waals surface area contributed by atoms with Crippen LogP contribution >= 0.6 is 0 Å². The number of nitrogens with two attached hydrogens (primary N) is 1. The van der Waals surface area contributed by atoms with Gasteiger partial charge in [0.25, 0.3) is 0 Å². The average Bonchev–Trinajstić information content (AvgIpc) is 2.72. The molecule has 2 rings (SSSR count). The molecule has 2 aromatic rings. The van der Waals surface area contributed by atoms with Gasteiger partial charge in [0.15, 0.2) is 0 Å². The van der Waals surface area contributed by atoms with Crippen molar-refractivity contribution in [3.63, 3.8) is 0 Å². The lowest BCUT2D eigenvalue weighted by molar-refractivity contribution is -0.139. The molecule has 2 aromatic carbocycles. The standard InChI is InChI=1S/C18H13F5N2O5/c19-11-12(20)14(22)16(15(23)13(11)21)30-17(27)9(6-10(24)26)25-18(28)29-7-8-4-2-1-3-5-8/h1-5,9H,6-7H2,(H2,24,26)(H,25,28)/t9-/m0/s1. The third-order valence-electron chi connectivity index (χ3n) is 3.57. The van der Waals surface area contributed by atoms with E-state index in [0.717, 1.165) is 0 Å². The number of benzene rings is 2. The predicted molar refractivity (Wildman–Crippen MR) is 89.2 cm³/mol. The van der Waals surface area contributed by atoms with E-state index in [9.17, 15) is 36.3 Å². The fourth-order valence-electron chi connectivity index (χ4n) is 2.15. The topological polar surface area (TPSA) is 108 Å². The maximum absolute atomic E-state index is 13.7.